The van der Waals surface area contributed by atoms with Crippen LogP contribution in [0.15, 0.2) is 0 Å². The molecule has 2 aromatic rings. The van der Waals surface area contributed by atoms with Gasteiger partial charge in [-0.15, -0.1) is 0 Å². The Morgan fingerprint density at radius 3 is 2.50 bits per heavy atom. The Morgan fingerprint density at radius 2 is 1.80 bits per heavy atom. The second kappa shape index (κ2) is 4.94. The van der Waals surface area contributed by atoms with E-state index in [0.29, 0.717) is 0 Å². The minimum Gasteiger partial charge on any atom is -0.328 e. The second-order valence-electron chi connectivity index (χ2n) is 5.10. The second-order valence-corrected chi connectivity index (χ2v) is 5.10. The maximum atomic E-state index is 9.12. The molecule has 0 fully saturated rings. The first-order chi connectivity index (χ1) is 9.80. The smallest absolute Gasteiger partial charge is 0.179 e. The molecule has 100 valence electrons. The monoisotopic (exact) mass is 265 g/mol. The Bertz CT molecular complexity index is 757. The molecule has 20 heavy (non-hydrogen) atoms. The Hall–Kier alpha value is -2.40. The molecule has 0 spiro atoms. The average Bonchev–Trinajstić information content (AvgIpc) is 2.80. The highest BCUT2D eigenvalue weighted by atomic mass is 15.1. The molecule has 0 bridgehead atoms. The van der Waals surface area contributed by atoms with Crippen molar-refractivity contribution >= 4 is 11.2 Å². The summed E-state index contributed by atoms with van der Waals surface area (Å²) in [4.78, 5) is 8.82. The summed E-state index contributed by atoms with van der Waals surface area (Å²) in [7, 11) is 0. The van der Waals surface area contributed by atoms with Crippen LogP contribution in [-0.2, 0) is 19.4 Å². The van der Waals surface area contributed by atoms with Gasteiger partial charge in [0.15, 0.2) is 17.0 Å². The van der Waals surface area contributed by atoms with Gasteiger partial charge in [-0.2, -0.15) is 10.5 Å². The zero-order valence-electron chi connectivity index (χ0n) is 11.5. The Labute approximate surface area is 117 Å². The van der Waals surface area contributed by atoms with E-state index in [1.165, 1.54) is 17.7 Å². The van der Waals surface area contributed by atoms with E-state index >= 15 is 0 Å². The summed E-state index contributed by atoms with van der Waals surface area (Å²) in [6.07, 6.45) is 5.38. The molecule has 0 aromatic carbocycles. The van der Waals surface area contributed by atoms with Crippen molar-refractivity contribution in [2.45, 2.75) is 45.6 Å². The summed E-state index contributed by atoms with van der Waals surface area (Å²) in [5, 5.41) is 18.2. The molecule has 1 aliphatic carbocycles. The molecule has 3 rings (SSSR count). The molecule has 0 amide bonds. The summed E-state index contributed by atoms with van der Waals surface area (Å²) in [6, 6.07) is 3.96. The lowest BCUT2D eigenvalue weighted by molar-refractivity contribution is 0.604. The van der Waals surface area contributed by atoms with Crippen LogP contribution < -0.4 is 0 Å². The van der Waals surface area contributed by atoms with Gasteiger partial charge in [-0.3, -0.25) is 0 Å². The van der Waals surface area contributed by atoms with Gasteiger partial charge in [-0.25, -0.2) is 9.97 Å². The van der Waals surface area contributed by atoms with Crippen LogP contribution in [0.3, 0.4) is 0 Å². The zero-order chi connectivity index (χ0) is 14.1. The number of hydrogen-bond acceptors (Lipinski definition) is 4. The fourth-order valence-corrected chi connectivity index (χ4v) is 3.01. The van der Waals surface area contributed by atoms with E-state index in [1.807, 2.05) is 12.1 Å². The molecule has 0 unspecified atom stereocenters. The summed E-state index contributed by atoms with van der Waals surface area (Å²) >= 11 is 0. The van der Waals surface area contributed by atoms with E-state index < -0.39 is 0 Å². The molecular weight excluding hydrogens is 250 g/mol. The Kier molecular flexibility index (Phi) is 3.12. The molecule has 1 aliphatic rings. The van der Waals surface area contributed by atoms with Crippen molar-refractivity contribution in [2.75, 3.05) is 0 Å². The van der Waals surface area contributed by atoms with Crippen molar-refractivity contribution in [2.24, 2.45) is 0 Å². The van der Waals surface area contributed by atoms with Crippen LogP contribution in [0.25, 0.3) is 11.2 Å². The number of nitriles is 2. The van der Waals surface area contributed by atoms with Crippen molar-refractivity contribution < 1.29 is 0 Å². The van der Waals surface area contributed by atoms with Crippen molar-refractivity contribution in [3.05, 3.63) is 22.6 Å². The predicted molar refractivity (Wildman–Crippen MR) is 73.9 cm³/mol. The van der Waals surface area contributed by atoms with Gasteiger partial charge in [0.1, 0.15) is 17.7 Å². The number of aryl methyl sites for hydroxylation is 2. The minimum atomic E-state index is 0.132. The van der Waals surface area contributed by atoms with E-state index in [1.54, 1.807) is 0 Å². The molecule has 0 saturated heterocycles. The van der Waals surface area contributed by atoms with Crippen molar-refractivity contribution in [1.82, 2.24) is 14.5 Å². The topological polar surface area (TPSA) is 78.3 Å². The van der Waals surface area contributed by atoms with E-state index in [0.717, 1.165) is 43.4 Å². The van der Waals surface area contributed by atoms with Gasteiger partial charge >= 0.3 is 0 Å². The molecule has 5 nitrogen and oxygen atoms in total. The van der Waals surface area contributed by atoms with Crippen molar-refractivity contribution in [1.29, 1.82) is 10.5 Å². The SMILES string of the molecule is CCCn1c2c(c3nc(C#N)c(C#N)nc31)CCCC2. The van der Waals surface area contributed by atoms with Gasteiger partial charge in [0, 0.05) is 17.8 Å². The highest BCUT2D eigenvalue weighted by Gasteiger charge is 2.23. The number of aromatic nitrogens is 3. The van der Waals surface area contributed by atoms with Crippen LogP contribution in [-0.4, -0.2) is 14.5 Å². The van der Waals surface area contributed by atoms with Crippen molar-refractivity contribution in [3.8, 4) is 12.1 Å². The molecule has 2 aromatic heterocycles. The highest BCUT2D eigenvalue weighted by Crippen LogP contribution is 2.30. The highest BCUT2D eigenvalue weighted by molar-refractivity contribution is 5.79. The predicted octanol–water partition coefficient (Wildman–Crippen LogP) is 2.46. The number of fused-ring (bicyclic) bond motifs is 3. The first-order valence-electron chi connectivity index (χ1n) is 7.02. The van der Waals surface area contributed by atoms with Gasteiger partial charge < -0.3 is 4.57 Å². The van der Waals surface area contributed by atoms with E-state index in [2.05, 4.69) is 21.5 Å². The van der Waals surface area contributed by atoms with Gasteiger partial charge in [-0.1, -0.05) is 6.92 Å². The zero-order valence-corrected chi connectivity index (χ0v) is 11.5. The Balaban J connectivity index is 2.36. The Morgan fingerprint density at radius 1 is 1.10 bits per heavy atom. The van der Waals surface area contributed by atoms with Crippen LogP contribution in [0.1, 0.15) is 48.8 Å². The molecule has 0 atom stereocenters. The molecule has 2 heterocycles. The molecule has 0 N–H and O–H groups in total. The van der Waals surface area contributed by atoms with Gasteiger partial charge in [0.25, 0.3) is 0 Å². The largest absolute Gasteiger partial charge is 0.328 e. The molecule has 5 heteroatoms. The van der Waals surface area contributed by atoms with E-state index in [-0.39, 0.29) is 11.4 Å². The van der Waals surface area contributed by atoms with Gasteiger partial charge in [0.05, 0.1) is 0 Å². The van der Waals surface area contributed by atoms with E-state index in [9.17, 15) is 0 Å². The summed E-state index contributed by atoms with van der Waals surface area (Å²) in [6.45, 7) is 3.01. The molecular formula is C15H15N5. The lowest BCUT2D eigenvalue weighted by atomic mass is 9.97. The molecule has 0 aliphatic heterocycles. The summed E-state index contributed by atoms with van der Waals surface area (Å²) in [5.41, 5.74) is 4.40. The maximum absolute atomic E-state index is 9.12. The first kappa shape index (κ1) is 12.6. The molecule has 0 saturated carbocycles. The lowest BCUT2D eigenvalue weighted by Crippen LogP contribution is -2.08. The quantitative estimate of drug-likeness (QED) is 0.835. The number of nitrogens with zero attached hydrogens (tertiary/aromatic N) is 5. The van der Waals surface area contributed by atoms with Crippen molar-refractivity contribution in [3.63, 3.8) is 0 Å². The number of rotatable bonds is 2. The molecule has 0 radical (unpaired) electrons. The average molecular weight is 265 g/mol. The third-order valence-corrected chi connectivity index (χ3v) is 3.84. The minimum absolute atomic E-state index is 0.132. The van der Waals surface area contributed by atoms with E-state index in [4.69, 9.17) is 10.5 Å². The third-order valence-electron chi connectivity index (χ3n) is 3.84. The maximum Gasteiger partial charge on any atom is 0.179 e. The summed E-state index contributed by atoms with van der Waals surface area (Å²) < 4.78 is 2.19. The fraction of sp³-hybridized carbons (Fsp3) is 0.467. The first-order valence-corrected chi connectivity index (χ1v) is 7.02. The van der Waals surface area contributed by atoms with Crippen LogP contribution >= 0.6 is 0 Å². The normalized spacial score (nSPS) is 13.8. The standard InChI is InChI=1S/C15H15N5/c1-2-7-20-13-6-4-3-5-10(13)14-15(20)19-12(9-17)11(8-16)18-14/h2-7H2,1H3. The van der Waals surface area contributed by atoms with Crippen LogP contribution in [0.2, 0.25) is 0 Å². The lowest BCUT2D eigenvalue weighted by Gasteiger charge is -2.14. The van der Waals surface area contributed by atoms with Gasteiger partial charge in [-0.05, 0) is 32.1 Å². The summed E-state index contributed by atoms with van der Waals surface area (Å²) in [5.74, 6) is 0. The van der Waals surface area contributed by atoms with Crippen LogP contribution in [0.5, 0.6) is 0 Å². The van der Waals surface area contributed by atoms with Crippen LogP contribution in [0.4, 0.5) is 0 Å². The third kappa shape index (κ3) is 1.75. The van der Waals surface area contributed by atoms with Crippen LogP contribution in [0, 0.1) is 22.7 Å². The fourth-order valence-electron chi connectivity index (χ4n) is 3.01. The number of hydrogen-bond donors (Lipinski definition) is 0. The van der Waals surface area contributed by atoms with Gasteiger partial charge in [0.2, 0.25) is 0 Å².